The van der Waals surface area contributed by atoms with E-state index in [2.05, 4.69) is 21.9 Å². The summed E-state index contributed by atoms with van der Waals surface area (Å²) >= 11 is 0. The van der Waals surface area contributed by atoms with Gasteiger partial charge in [-0.2, -0.15) is 0 Å². The quantitative estimate of drug-likeness (QED) is 0.849. The number of ether oxygens (including phenoxy) is 1. The van der Waals surface area contributed by atoms with Crippen molar-refractivity contribution >= 4 is 11.6 Å². The number of likely N-dealkylation sites (tertiary alicyclic amines) is 1. The number of anilines is 1. The van der Waals surface area contributed by atoms with Crippen LogP contribution >= 0.6 is 0 Å². The van der Waals surface area contributed by atoms with Crippen molar-refractivity contribution in [2.45, 2.75) is 19.3 Å². The van der Waals surface area contributed by atoms with E-state index in [1.54, 1.807) is 7.11 Å². The lowest BCUT2D eigenvalue weighted by Crippen LogP contribution is -2.50. The number of carbonyl (C=O) groups is 1. The van der Waals surface area contributed by atoms with E-state index >= 15 is 0 Å². The van der Waals surface area contributed by atoms with Gasteiger partial charge in [-0.15, -0.1) is 0 Å². The fourth-order valence-electron chi connectivity index (χ4n) is 3.39. The average Bonchev–Trinajstić information content (AvgIpc) is 2.63. The number of carbonyl (C=O) groups excluding carboxylic acids is 1. The van der Waals surface area contributed by atoms with Crippen LogP contribution in [0.4, 0.5) is 5.69 Å². The molecule has 0 aromatic heterocycles. The van der Waals surface area contributed by atoms with Crippen LogP contribution in [0.5, 0.6) is 5.75 Å². The molecule has 2 aliphatic heterocycles. The highest BCUT2D eigenvalue weighted by molar-refractivity contribution is 5.78. The lowest BCUT2D eigenvalue weighted by atomic mass is 10.1. The monoisotopic (exact) mass is 317 g/mol. The van der Waals surface area contributed by atoms with E-state index in [1.165, 1.54) is 12.1 Å². The SMILES string of the molecule is COc1ccc(N2CCN(CC(=O)N3CCCCC3)CC2)cc1. The van der Waals surface area contributed by atoms with Crippen molar-refractivity contribution in [2.24, 2.45) is 0 Å². The van der Waals surface area contributed by atoms with Crippen LogP contribution in [0.2, 0.25) is 0 Å². The van der Waals surface area contributed by atoms with Crippen molar-refractivity contribution in [1.29, 1.82) is 0 Å². The molecule has 1 amide bonds. The molecule has 2 fully saturated rings. The Hall–Kier alpha value is -1.75. The van der Waals surface area contributed by atoms with Gasteiger partial charge in [0.2, 0.25) is 5.91 Å². The molecule has 0 unspecified atom stereocenters. The largest absolute Gasteiger partial charge is 0.497 e. The third-order valence-electron chi connectivity index (χ3n) is 4.88. The van der Waals surface area contributed by atoms with E-state index < -0.39 is 0 Å². The molecule has 23 heavy (non-hydrogen) atoms. The van der Waals surface area contributed by atoms with Crippen LogP contribution in [0.15, 0.2) is 24.3 Å². The Labute approximate surface area is 138 Å². The van der Waals surface area contributed by atoms with Gasteiger partial charge in [0, 0.05) is 45.0 Å². The number of amides is 1. The summed E-state index contributed by atoms with van der Waals surface area (Å²) in [4.78, 5) is 19.1. The minimum Gasteiger partial charge on any atom is -0.497 e. The number of methoxy groups -OCH3 is 1. The van der Waals surface area contributed by atoms with Gasteiger partial charge < -0.3 is 14.5 Å². The smallest absolute Gasteiger partial charge is 0.236 e. The summed E-state index contributed by atoms with van der Waals surface area (Å²) in [5, 5.41) is 0. The lowest BCUT2D eigenvalue weighted by Gasteiger charge is -2.37. The summed E-state index contributed by atoms with van der Waals surface area (Å²) in [6, 6.07) is 8.21. The maximum atomic E-state index is 12.3. The van der Waals surface area contributed by atoms with Crippen LogP contribution in [0.1, 0.15) is 19.3 Å². The van der Waals surface area contributed by atoms with Gasteiger partial charge in [0.1, 0.15) is 5.75 Å². The molecule has 0 N–H and O–H groups in total. The first-order valence-corrected chi connectivity index (χ1v) is 8.65. The number of piperidine rings is 1. The molecule has 0 spiro atoms. The molecule has 0 saturated carbocycles. The first-order chi connectivity index (χ1) is 11.3. The van der Waals surface area contributed by atoms with Gasteiger partial charge in [-0.05, 0) is 43.5 Å². The van der Waals surface area contributed by atoms with Crippen LogP contribution in [-0.2, 0) is 4.79 Å². The summed E-state index contributed by atoms with van der Waals surface area (Å²) in [6.45, 7) is 6.32. The molecule has 1 aromatic carbocycles. The molecule has 5 heteroatoms. The second kappa shape index (κ2) is 7.68. The molecule has 0 bridgehead atoms. The van der Waals surface area contributed by atoms with Crippen molar-refractivity contribution < 1.29 is 9.53 Å². The molecule has 1 aromatic rings. The van der Waals surface area contributed by atoms with E-state index in [4.69, 9.17) is 4.74 Å². The van der Waals surface area contributed by atoms with Crippen LogP contribution < -0.4 is 9.64 Å². The predicted octanol–water partition coefficient (Wildman–Crippen LogP) is 1.83. The van der Waals surface area contributed by atoms with Crippen LogP contribution in [0.25, 0.3) is 0 Å². The molecule has 2 heterocycles. The molecule has 0 atom stereocenters. The molecule has 3 rings (SSSR count). The second-order valence-electron chi connectivity index (χ2n) is 6.40. The van der Waals surface area contributed by atoms with E-state index in [9.17, 15) is 4.79 Å². The Kier molecular flexibility index (Phi) is 5.39. The number of benzene rings is 1. The lowest BCUT2D eigenvalue weighted by molar-refractivity contribution is -0.133. The molecule has 5 nitrogen and oxygen atoms in total. The van der Waals surface area contributed by atoms with Crippen molar-refractivity contribution in [1.82, 2.24) is 9.80 Å². The molecule has 0 aliphatic carbocycles. The normalized spacial score (nSPS) is 19.7. The Balaban J connectivity index is 1.46. The summed E-state index contributed by atoms with van der Waals surface area (Å²) < 4.78 is 5.21. The zero-order chi connectivity index (χ0) is 16.1. The maximum absolute atomic E-state index is 12.3. The third-order valence-corrected chi connectivity index (χ3v) is 4.88. The maximum Gasteiger partial charge on any atom is 0.236 e. The molecule has 2 aliphatic rings. The van der Waals surface area contributed by atoms with Gasteiger partial charge in [-0.25, -0.2) is 0 Å². The van der Waals surface area contributed by atoms with E-state index in [0.29, 0.717) is 12.5 Å². The van der Waals surface area contributed by atoms with Gasteiger partial charge >= 0.3 is 0 Å². The number of hydrogen-bond acceptors (Lipinski definition) is 4. The Bertz CT molecular complexity index is 504. The van der Waals surface area contributed by atoms with Gasteiger partial charge in [-0.3, -0.25) is 9.69 Å². The van der Waals surface area contributed by atoms with Gasteiger partial charge in [-0.1, -0.05) is 0 Å². The summed E-state index contributed by atoms with van der Waals surface area (Å²) in [7, 11) is 1.69. The number of hydrogen-bond donors (Lipinski definition) is 0. The second-order valence-corrected chi connectivity index (χ2v) is 6.40. The molecule has 2 saturated heterocycles. The molecular formula is C18H27N3O2. The number of rotatable bonds is 4. The highest BCUT2D eigenvalue weighted by Gasteiger charge is 2.22. The van der Waals surface area contributed by atoms with Crippen LogP contribution in [0, 0.1) is 0 Å². The van der Waals surface area contributed by atoms with Gasteiger partial charge in [0.05, 0.1) is 13.7 Å². The topological polar surface area (TPSA) is 36.0 Å². The van der Waals surface area contributed by atoms with Crippen LogP contribution in [-0.4, -0.2) is 68.6 Å². The highest BCUT2D eigenvalue weighted by atomic mass is 16.5. The molecule has 126 valence electrons. The van der Waals surface area contributed by atoms with E-state index in [0.717, 1.165) is 57.9 Å². The van der Waals surface area contributed by atoms with Crippen molar-refractivity contribution in [3.8, 4) is 5.75 Å². The number of nitrogens with zero attached hydrogens (tertiary/aromatic N) is 3. The standard InChI is InChI=1S/C18H27N3O2/c1-23-17-7-5-16(6-8-17)20-13-11-19(12-14-20)15-18(22)21-9-3-2-4-10-21/h5-8H,2-4,9-15H2,1H3. The first-order valence-electron chi connectivity index (χ1n) is 8.65. The first kappa shape index (κ1) is 16.1. The van der Waals surface area contributed by atoms with Crippen molar-refractivity contribution in [2.75, 3.05) is 57.8 Å². The minimum absolute atomic E-state index is 0.308. The Morgan fingerprint density at radius 3 is 2.22 bits per heavy atom. The zero-order valence-electron chi connectivity index (χ0n) is 14.0. The molecule has 0 radical (unpaired) electrons. The van der Waals surface area contributed by atoms with Gasteiger partial charge in [0.15, 0.2) is 0 Å². The predicted molar refractivity (Wildman–Crippen MR) is 92.1 cm³/mol. The fraction of sp³-hybridized carbons (Fsp3) is 0.611. The zero-order valence-corrected chi connectivity index (χ0v) is 14.0. The summed E-state index contributed by atoms with van der Waals surface area (Å²) in [5.74, 6) is 1.20. The fourth-order valence-corrected chi connectivity index (χ4v) is 3.39. The Morgan fingerprint density at radius 1 is 0.957 bits per heavy atom. The highest BCUT2D eigenvalue weighted by Crippen LogP contribution is 2.20. The van der Waals surface area contributed by atoms with Crippen molar-refractivity contribution in [3.63, 3.8) is 0 Å². The van der Waals surface area contributed by atoms with E-state index in [1.807, 2.05) is 17.0 Å². The van der Waals surface area contributed by atoms with Crippen LogP contribution in [0.3, 0.4) is 0 Å². The van der Waals surface area contributed by atoms with E-state index in [-0.39, 0.29) is 0 Å². The average molecular weight is 317 g/mol. The van der Waals surface area contributed by atoms with Gasteiger partial charge in [0.25, 0.3) is 0 Å². The summed E-state index contributed by atoms with van der Waals surface area (Å²) in [5.41, 5.74) is 1.23. The minimum atomic E-state index is 0.308. The summed E-state index contributed by atoms with van der Waals surface area (Å²) in [6.07, 6.45) is 3.60. The third kappa shape index (κ3) is 4.16. The Morgan fingerprint density at radius 2 is 1.61 bits per heavy atom. The number of piperazine rings is 1. The molecular weight excluding hydrogens is 290 g/mol. The van der Waals surface area contributed by atoms with Crippen molar-refractivity contribution in [3.05, 3.63) is 24.3 Å².